The highest BCUT2D eigenvalue weighted by Gasteiger charge is 2.38. The fraction of sp³-hybridized carbons (Fsp3) is 1.00. The zero-order chi connectivity index (χ0) is 13.8. The van der Waals surface area contributed by atoms with Crippen LogP contribution in [0.5, 0.6) is 0 Å². The molecule has 0 bridgehead atoms. The predicted molar refractivity (Wildman–Crippen MR) is 83.5 cm³/mol. The highest BCUT2D eigenvalue weighted by atomic mass is 15.2. The summed E-state index contributed by atoms with van der Waals surface area (Å²) in [6, 6.07) is 2.41. The second-order valence-electron chi connectivity index (χ2n) is 6.93. The molecule has 1 N–H and O–H groups in total. The molecule has 2 heteroatoms. The Morgan fingerprint density at radius 1 is 1.11 bits per heavy atom. The number of hydrogen-bond acceptors (Lipinski definition) is 2. The van der Waals surface area contributed by atoms with E-state index in [1.54, 1.807) is 0 Å². The lowest BCUT2D eigenvalue weighted by atomic mass is 9.89. The fourth-order valence-corrected chi connectivity index (χ4v) is 4.49. The summed E-state index contributed by atoms with van der Waals surface area (Å²) in [5.41, 5.74) is 0. The molecule has 0 aromatic rings. The molecule has 0 spiro atoms. The highest BCUT2D eigenvalue weighted by Crippen LogP contribution is 2.39. The van der Waals surface area contributed by atoms with Crippen LogP contribution in [0.4, 0.5) is 0 Å². The van der Waals surface area contributed by atoms with E-state index < -0.39 is 0 Å². The second-order valence-corrected chi connectivity index (χ2v) is 6.93. The molecule has 5 atom stereocenters. The van der Waals surface area contributed by atoms with Crippen molar-refractivity contribution in [2.45, 2.75) is 84.3 Å². The molecule has 2 fully saturated rings. The summed E-state index contributed by atoms with van der Waals surface area (Å²) in [6.07, 6.45) is 8.23. The van der Waals surface area contributed by atoms with Gasteiger partial charge in [0, 0.05) is 24.7 Å². The summed E-state index contributed by atoms with van der Waals surface area (Å²) in [7, 11) is 0. The van der Waals surface area contributed by atoms with Gasteiger partial charge in [0.2, 0.25) is 0 Å². The molecule has 0 radical (unpaired) electrons. The SMILES string of the molecule is CCCNC1CCN(C2CCC(CC)C2C)C(C)C1. The molecule has 1 aliphatic carbocycles. The van der Waals surface area contributed by atoms with E-state index in [2.05, 4.69) is 37.9 Å². The Morgan fingerprint density at radius 2 is 1.89 bits per heavy atom. The molecule has 19 heavy (non-hydrogen) atoms. The Morgan fingerprint density at radius 3 is 2.47 bits per heavy atom. The topological polar surface area (TPSA) is 15.3 Å². The van der Waals surface area contributed by atoms with E-state index in [1.165, 1.54) is 51.6 Å². The number of hydrogen-bond donors (Lipinski definition) is 1. The highest BCUT2D eigenvalue weighted by molar-refractivity contribution is 4.93. The normalized spacial score (nSPS) is 40.7. The first-order valence-corrected chi connectivity index (χ1v) is 8.66. The zero-order valence-corrected chi connectivity index (χ0v) is 13.5. The van der Waals surface area contributed by atoms with Gasteiger partial charge in [-0.25, -0.2) is 0 Å². The first-order chi connectivity index (χ1) is 9.17. The van der Waals surface area contributed by atoms with Crippen LogP contribution in [0.1, 0.15) is 66.2 Å². The number of rotatable bonds is 5. The monoisotopic (exact) mass is 266 g/mol. The van der Waals surface area contributed by atoms with Crippen LogP contribution < -0.4 is 5.32 Å². The average Bonchev–Trinajstić information content (AvgIpc) is 2.77. The summed E-state index contributed by atoms with van der Waals surface area (Å²) < 4.78 is 0. The maximum atomic E-state index is 3.72. The smallest absolute Gasteiger partial charge is 0.0126 e. The zero-order valence-electron chi connectivity index (χ0n) is 13.5. The van der Waals surface area contributed by atoms with Gasteiger partial charge in [-0.1, -0.05) is 27.2 Å². The second kappa shape index (κ2) is 7.08. The van der Waals surface area contributed by atoms with Gasteiger partial charge in [-0.15, -0.1) is 0 Å². The van der Waals surface area contributed by atoms with Gasteiger partial charge >= 0.3 is 0 Å². The van der Waals surface area contributed by atoms with E-state index in [9.17, 15) is 0 Å². The summed E-state index contributed by atoms with van der Waals surface area (Å²) in [5.74, 6) is 1.89. The number of nitrogens with one attached hydrogen (secondary N) is 1. The molecule has 1 heterocycles. The van der Waals surface area contributed by atoms with Crippen LogP contribution in [0.25, 0.3) is 0 Å². The minimum absolute atomic E-state index is 0.768. The Labute approximate surface area is 120 Å². The van der Waals surface area contributed by atoms with Crippen LogP contribution in [0.15, 0.2) is 0 Å². The van der Waals surface area contributed by atoms with Crippen molar-refractivity contribution in [2.24, 2.45) is 11.8 Å². The van der Waals surface area contributed by atoms with Crippen LogP contribution in [-0.4, -0.2) is 36.1 Å². The summed E-state index contributed by atoms with van der Waals surface area (Å²) >= 11 is 0. The summed E-state index contributed by atoms with van der Waals surface area (Å²) in [4.78, 5) is 2.84. The molecule has 0 aromatic carbocycles. The Hall–Kier alpha value is -0.0800. The van der Waals surface area contributed by atoms with E-state index in [4.69, 9.17) is 0 Å². The molecule has 1 aliphatic heterocycles. The lowest BCUT2D eigenvalue weighted by Crippen LogP contribution is -2.52. The van der Waals surface area contributed by atoms with E-state index in [1.807, 2.05) is 0 Å². The maximum Gasteiger partial charge on any atom is 0.0126 e. The lowest BCUT2D eigenvalue weighted by Gasteiger charge is -2.43. The van der Waals surface area contributed by atoms with Gasteiger partial charge in [-0.2, -0.15) is 0 Å². The molecule has 5 unspecified atom stereocenters. The molecule has 0 aromatic heterocycles. The van der Waals surface area contributed by atoms with E-state index >= 15 is 0 Å². The lowest BCUT2D eigenvalue weighted by molar-refractivity contribution is 0.0659. The van der Waals surface area contributed by atoms with Gasteiger partial charge in [0.05, 0.1) is 0 Å². The third-order valence-corrected chi connectivity index (χ3v) is 5.74. The van der Waals surface area contributed by atoms with Crippen LogP contribution in [-0.2, 0) is 0 Å². The largest absolute Gasteiger partial charge is 0.314 e. The Bertz CT molecular complexity index is 266. The maximum absolute atomic E-state index is 3.72. The van der Waals surface area contributed by atoms with Crippen LogP contribution in [0.2, 0.25) is 0 Å². The van der Waals surface area contributed by atoms with Crippen molar-refractivity contribution in [1.29, 1.82) is 0 Å². The first-order valence-electron chi connectivity index (χ1n) is 8.66. The number of likely N-dealkylation sites (tertiary alicyclic amines) is 1. The summed E-state index contributed by atoms with van der Waals surface area (Å²) in [5, 5.41) is 3.72. The van der Waals surface area contributed by atoms with Gasteiger partial charge in [0.25, 0.3) is 0 Å². The minimum atomic E-state index is 0.768. The van der Waals surface area contributed by atoms with Crippen molar-refractivity contribution in [3.05, 3.63) is 0 Å². The van der Waals surface area contributed by atoms with Crippen LogP contribution in [0, 0.1) is 11.8 Å². The van der Waals surface area contributed by atoms with Crippen molar-refractivity contribution in [1.82, 2.24) is 10.2 Å². The molecule has 2 rings (SSSR count). The first kappa shape index (κ1) is 15.3. The summed E-state index contributed by atoms with van der Waals surface area (Å²) in [6.45, 7) is 12.1. The van der Waals surface area contributed by atoms with E-state index in [0.717, 1.165) is 30.0 Å². The quantitative estimate of drug-likeness (QED) is 0.817. The van der Waals surface area contributed by atoms with Gasteiger partial charge in [-0.3, -0.25) is 4.90 Å². The van der Waals surface area contributed by atoms with Gasteiger partial charge in [-0.05, 0) is 57.4 Å². The fourth-order valence-electron chi connectivity index (χ4n) is 4.49. The standard InChI is InChI=1S/C17H34N2/c1-5-10-18-16-9-11-19(13(3)12-16)17-8-7-15(6-2)14(17)4/h13-18H,5-12H2,1-4H3. The van der Waals surface area contributed by atoms with Gasteiger partial charge < -0.3 is 5.32 Å². The van der Waals surface area contributed by atoms with E-state index in [-0.39, 0.29) is 0 Å². The minimum Gasteiger partial charge on any atom is -0.314 e. The van der Waals surface area contributed by atoms with Crippen molar-refractivity contribution in [2.75, 3.05) is 13.1 Å². The molecule has 1 saturated carbocycles. The molecular weight excluding hydrogens is 232 g/mol. The average molecular weight is 266 g/mol. The number of nitrogens with zero attached hydrogens (tertiary/aromatic N) is 1. The van der Waals surface area contributed by atoms with Gasteiger partial charge in [0.15, 0.2) is 0 Å². The van der Waals surface area contributed by atoms with Crippen molar-refractivity contribution in [3.8, 4) is 0 Å². The predicted octanol–water partition coefficient (Wildman–Crippen LogP) is 3.66. The number of piperidine rings is 1. The van der Waals surface area contributed by atoms with Crippen molar-refractivity contribution >= 4 is 0 Å². The molecule has 2 aliphatic rings. The van der Waals surface area contributed by atoms with Crippen LogP contribution >= 0.6 is 0 Å². The Kier molecular flexibility index (Phi) is 5.70. The van der Waals surface area contributed by atoms with Gasteiger partial charge in [0.1, 0.15) is 0 Å². The third-order valence-electron chi connectivity index (χ3n) is 5.74. The van der Waals surface area contributed by atoms with E-state index in [0.29, 0.717) is 0 Å². The Balaban J connectivity index is 1.86. The molecule has 2 nitrogen and oxygen atoms in total. The third kappa shape index (κ3) is 3.52. The van der Waals surface area contributed by atoms with Crippen LogP contribution in [0.3, 0.4) is 0 Å². The molecular formula is C17H34N2. The molecule has 1 saturated heterocycles. The molecule has 112 valence electrons. The van der Waals surface area contributed by atoms with Crippen molar-refractivity contribution < 1.29 is 0 Å². The molecule has 0 amide bonds. The van der Waals surface area contributed by atoms with Crippen molar-refractivity contribution in [3.63, 3.8) is 0 Å².